The summed E-state index contributed by atoms with van der Waals surface area (Å²) in [4.78, 5) is 39.9. The second-order valence-electron chi connectivity index (χ2n) is 7.02. The molecule has 1 aromatic carbocycles. The third-order valence-electron chi connectivity index (χ3n) is 5.06. The number of benzene rings is 1. The number of carbonyl (C=O) groups excluding carboxylic acids is 1. The molecule has 0 radical (unpaired) electrons. The Morgan fingerprint density at radius 3 is 2.83 bits per heavy atom. The summed E-state index contributed by atoms with van der Waals surface area (Å²) in [5, 5.41) is 11.5. The number of nitrogens with zero attached hydrogens (tertiary/aromatic N) is 3. The Balaban J connectivity index is 1.58. The van der Waals surface area contributed by atoms with Crippen LogP contribution in [0, 0.1) is 10.1 Å². The van der Waals surface area contributed by atoms with Gasteiger partial charge in [-0.3, -0.25) is 19.5 Å². The lowest BCUT2D eigenvalue weighted by molar-refractivity contribution is -0.384. The van der Waals surface area contributed by atoms with Crippen molar-refractivity contribution in [1.82, 2.24) is 9.55 Å². The van der Waals surface area contributed by atoms with Crippen molar-refractivity contribution in [1.29, 1.82) is 0 Å². The van der Waals surface area contributed by atoms with Gasteiger partial charge in [0.15, 0.2) is 5.78 Å². The van der Waals surface area contributed by atoms with Gasteiger partial charge >= 0.3 is 5.69 Å². The van der Waals surface area contributed by atoms with Crippen LogP contribution in [-0.4, -0.2) is 26.0 Å². The Labute approximate surface area is 176 Å². The molecule has 0 unspecified atom stereocenters. The van der Waals surface area contributed by atoms with Crippen LogP contribution in [0.15, 0.2) is 56.9 Å². The van der Waals surface area contributed by atoms with Crippen molar-refractivity contribution in [2.24, 2.45) is 0 Å². The van der Waals surface area contributed by atoms with Gasteiger partial charge in [0.1, 0.15) is 10.8 Å². The van der Waals surface area contributed by atoms with E-state index in [1.54, 1.807) is 23.0 Å². The van der Waals surface area contributed by atoms with E-state index in [2.05, 4.69) is 4.98 Å². The maximum atomic E-state index is 12.7. The smallest absolute Gasteiger partial charge is 0.349 e. The molecule has 1 aliphatic carbocycles. The molecule has 0 N–H and O–H groups in total. The number of non-ortho nitro benzene ring substituents is 1. The Hall–Kier alpha value is -3.20. The first-order valence-electron chi connectivity index (χ1n) is 9.58. The van der Waals surface area contributed by atoms with E-state index < -0.39 is 4.92 Å². The zero-order valence-electron chi connectivity index (χ0n) is 16.1. The van der Waals surface area contributed by atoms with Crippen LogP contribution in [0.1, 0.15) is 40.2 Å². The van der Waals surface area contributed by atoms with E-state index in [1.807, 2.05) is 6.07 Å². The van der Waals surface area contributed by atoms with E-state index in [9.17, 15) is 19.7 Å². The molecule has 30 heavy (non-hydrogen) atoms. The lowest BCUT2D eigenvalue weighted by atomic mass is 9.97. The van der Waals surface area contributed by atoms with E-state index in [-0.39, 0.29) is 28.5 Å². The number of thioether (sulfide) groups is 1. The molecule has 4 rings (SSSR count). The number of hydrogen-bond acceptors (Lipinski definition) is 7. The van der Waals surface area contributed by atoms with Gasteiger partial charge in [0.25, 0.3) is 5.69 Å². The largest absolute Gasteiger partial charge is 0.467 e. The minimum atomic E-state index is -0.527. The molecule has 2 heterocycles. The Bertz CT molecular complexity index is 1150. The van der Waals surface area contributed by atoms with Crippen molar-refractivity contribution in [2.45, 2.75) is 37.3 Å². The Morgan fingerprint density at radius 1 is 1.23 bits per heavy atom. The first-order chi connectivity index (χ1) is 14.5. The van der Waals surface area contributed by atoms with Gasteiger partial charge in [0.05, 0.1) is 23.5 Å². The second kappa shape index (κ2) is 8.66. The van der Waals surface area contributed by atoms with Crippen LogP contribution >= 0.6 is 11.8 Å². The fourth-order valence-electron chi connectivity index (χ4n) is 3.60. The van der Waals surface area contributed by atoms with E-state index in [1.165, 1.54) is 30.0 Å². The fourth-order valence-corrected chi connectivity index (χ4v) is 4.57. The number of Topliss-reactive ketones (excluding diaryl/α,β-unsaturated/α-hetero) is 1. The summed E-state index contributed by atoms with van der Waals surface area (Å²) in [7, 11) is 0. The fraction of sp³-hybridized carbons (Fsp3) is 0.286. The van der Waals surface area contributed by atoms with Gasteiger partial charge < -0.3 is 4.42 Å². The molecule has 2 aromatic heterocycles. The standard InChI is InChI=1S/C21H19N3O5S/c25-19(14-5-3-6-15(11-14)24(27)28)13-30-20-17-8-1-2-9-18(17)23(21(26)22-20)12-16-7-4-10-29-16/h3-7,10-11H,1-2,8-9,12-13H2. The van der Waals surface area contributed by atoms with E-state index in [0.29, 0.717) is 17.3 Å². The number of ketones is 1. The van der Waals surface area contributed by atoms with Crippen molar-refractivity contribution in [2.75, 3.05) is 5.75 Å². The van der Waals surface area contributed by atoms with E-state index >= 15 is 0 Å². The van der Waals surface area contributed by atoms with E-state index in [4.69, 9.17) is 4.42 Å². The molecule has 0 saturated carbocycles. The average molecular weight is 425 g/mol. The molecule has 9 heteroatoms. The molecule has 0 amide bonds. The number of aromatic nitrogens is 2. The van der Waals surface area contributed by atoms with Crippen molar-refractivity contribution >= 4 is 23.2 Å². The normalized spacial score (nSPS) is 13.1. The summed E-state index contributed by atoms with van der Waals surface area (Å²) in [6.45, 7) is 0.332. The number of fused-ring (bicyclic) bond motifs is 1. The monoisotopic (exact) mass is 425 g/mol. The number of nitro benzene ring substituents is 1. The van der Waals surface area contributed by atoms with Crippen LogP contribution in [0.4, 0.5) is 5.69 Å². The summed E-state index contributed by atoms with van der Waals surface area (Å²) in [5.74, 6) is 0.505. The minimum Gasteiger partial charge on any atom is -0.467 e. The maximum Gasteiger partial charge on any atom is 0.349 e. The summed E-state index contributed by atoms with van der Waals surface area (Å²) < 4.78 is 7.04. The molecule has 1 aliphatic rings. The molecule has 0 fully saturated rings. The minimum absolute atomic E-state index is 0.0578. The highest BCUT2D eigenvalue weighted by atomic mass is 32.2. The van der Waals surface area contributed by atoms with Gasteiger partial charge in [-0.05, 0) is 37.8 Å². The molecular formula is C21H19N3O5S. The third kappa shape index (κ3) is 4.20. The average Bonchev–Trinajstić information content (AvgIpc) is 3.27. The maximum absolute atomic E-state index is 12.7. The number of nitro groups is 1. The predicted molar refractivity (Wildman–Crippen MR) is 111 cm³/mol. The molecule has 3 aromatic rings. The Kier molecular flexibility index (Phi) is 5.80. The highest BCUT2D eigenvalue weighted by Gasteiger charge is 2.22. The van der Waals surface area contributed by atoms with Gasteiger partial charge in [-0.25, -0.2) is 4.79 Å². The van der Waals surface area contributed by atoms with Gasteiger partial charge in [-0.2, -0.15) is 4.98 Å². The SMILES string of the molecule is O=C(CSc1nc(=O)n(Cc2ccco2)c2c1CCCC2)c1cccc([N+](=O)[O-])c1. The number of rotatable bonds is 7. The molecular weight excluding hydrogens is 406 g/mol. The van der Waals surface area contributed by atoms with Crippen LogP contribution in [0.3, 0.4) is 0 Å². The van der Waals surface area contributed by atoms with Gasteiger partial charge in [0, 0.05) is 29.0 Å². The zero-order valence-corrected chi connectivity index (χ0v) is 16.9. The molecule has 0 atom stereocenters. The lowest BCUT2D eigenvalue weighted by Gasteiger charge is -2.22. The van der Waals surface area contributed by atoms with Gasteiger partial charge in [-0.15, -0.1) is 0 Å². The van der Waals surface area contributed by atoms with E-state index in [0.717, 1.165) is 36.9 Å². The Morgan fingerprint density at radius 2 is 2.07 bits per heavy atom. The van der Waals surface area contributed by atoms with Gasteiger partial charge in [0.2, 0.25) is 0 Å². The van der Waals surface area contributed by atoms with Crippen LogP contribution in [0.25, 0.3) is 0 Å². The summed E-state index contributed by atoms with van der Waals surface area (Å²) >= 11 is 1.22. The highest BCUT2D eigenvalue weighted by molar-refractivity contribution is 8.00. The molecule has 0 spiro atoms. The third-order valence-corrected chi connectivity index (χ3v) is 6.08. The number of carbonyl (C=O) groups is 1. The van der Waals surface area contributed by atoms with Crippen molar-refractivity contribution in [3.8, 4) is 0 Å². The van der Waals surface area contributed by atoms with Crippen molar-refractivity contribution in [3.05, 3.63) is 85.8 Å². The second-order valence-corrected chi connectivity index (χ2v) is 7.98. The lowest BCUT2D eigenvalue weighted by Crippen LogP contribution is -2.30. The molecule has 0 bridgehead atoms. The summed E-state index contributed by atoms with van der Waals surface area (Å²) in [5.41, 5.74) is 1.74. The van der Waals surface area contributed by atoms with Crippen LogP contribution in [-0.2, 0) is 19.4 Å². The molecule has 0 saturated heterocycles. The molecule has 8 nitrogen and oxygen atoms in total. The number of furan rings is 1. The number of hydrogen-bond donors (Lipinski definition) is 0. The van der Waals surface area contributed by atoms with Gasteiger partial charge in [-0.1, -0.05) is 23.9 Å². The van der Waals surface area contributed by atoms with Crippen molar-refractivity contribution in [3.63, 3.8) is 0 Å². The quantitative estimate of drug-likeness (QED) is 0.187. The van der Waals surface area contributed by atoms with Crippen LogP contribution < -0.4 is 5.69 Å². The summed E-state index contributed by atoms with van der Waals surface area (Å²) in [6, 6.07) is 9.27. The van der Waals surface area contributed by atoms with Crippen molar-refractivity contribution < 1.29 is 14.1 Å². The first-order valence-corrected chi connectivity index (χ1v) is 10.6. The highest BCUT2D eigenvalue weighted by Crippen LogP contribution is 2.29. The van der Waals surface area contributed by atoms with Crippen LogP contribution in [0.2, 0.25) is 0 Å². The summed E-state index contributed by atoms with van der Waals surface area (Å²) in [6.07, 6.45) is 5.14. The topological polar surface area (TPSA) is 108 Å². The molecule has 0 aliphatic heterocycles. The zero-order chi connectivity index (χ0) is 21.1. The van der Waals surface area contributed by atoms with Crippen LogP contribution in [0.5, 0.6) is 0 Å². The first kappa shape index (κ1) is 20.1. The predicted octanol–water partition coefficient (Wildman–Crippen LogP) is 3.65. The molecule has 154 valence electrons.